The Hall–Kier alpha value is -2.58. The zero-order valence-corrected chi connectivity index (χ0v) is 20.1. The lowest BCUT2D eigenvalue weighted by atomic mass is 9.96. The molecule has 0 aliphatic carbocycles. The molecule has 0 unspecified atom stereocenters. The van der Waals surface area contributed by atoms with E-state index >= 15 is 0 Å². The number of carbonyl (C=O) groups is 1. The van der Waals surface area contributed by atoms with Gasteiger partial charge in [-0.3, -0.25) is 9.69 Å². The van der Waals surface area contributed by atoms with Gasteiger partial charge in [-0.1, -0.05) is 6.07 Å². The average Bonchev–Trinajstić information content (AvgIpc) is 3.42. The molecule has 4 rings (SSSR count). The Balaban J connectivity index is 1.42. The normalized spacial score (nSPS) is 21.2. The van der Waals surface area contributed by atoms with Gasteiger partial charge < -0.3 is 15.0 Å². The molecule has 2 aliphatic rings. The molecule has 0 radical (unpaired) electrons. The second-order valence-corrected chi connectivity index (χ2v) is 9.30. The van der Waals surface area contributed by atoms with E-state index in [1.165, 1.54) is 23.3 Å². The summed E-state index contributed by atoms with van der Waals surface area (Å²) in [4.78, 5) is 17.3. The number of rotatable bonds is 7. The van der Waals surface area contributed by atoms with Crippen molar-refractivity contribution in [3.8, 4) is 5.75 Å². The number of fused-ring (bicyclic) bond motifs is 2. The number of alkyl halides is 3. The molecule has 2 aromatic rings. The third-order valence-corrected chi connectivity index (χ3v) is 7.34. The molecule has 1 amide bonds. The number of amides is 1. The van der Waals surface area contributed by atoms with Gasteiger partial charge in [0, 0.05) is 43.3 Å². The van der Waals surface area contributed by atoms with Crippen molar-refractivity contribution in [1.82, 2.24) is 15.1 Å². The molecule has 2 heterocycles. The standard InChI is InChI=1S/C26H32F3N3O2/c1-16-17(2)24(34-12-11-30-4)10-9-23(16)18(3)31-14-22-13-21(31)15-32(22)25(33)19-5-7-20(8-6-19)26(27,28)29/h5-10,18,21-22,30H,11-15H2,1-4H3/t18-,21+,22+/m0/s1. The van der Waals surface area contributed by atoms with Crippen LogP contribution in [0.3, 0.4) is 0 Å². The zero-order valence-electron chi connectivity index (χ0n) is 20.1. The fraction of sp³-hybridized carbons (Fsp3) is 0.500. The molecule has 8 heteroatoms. The third kappa shape index (κ3) is 4.66. The summed E-state index contributed by atoms with van der Waals surface area (Å²) in [6.45, 7) is 9.17. The number of halogens is 3. The maximum absolute atomic E-state index is 13.0. The van der Waals surface area contributed by atoms with Crippen LogP contribution in [0, 0.1) is 13.8 Å². The molecule has 2 bridgehead atoms. The van der Waals surface area contributed by atoms with Gasteiger partial charge >= 0.3 is 6.18 Å². The Bertz CT molecular complexity index is 1040. The minimum absolute atomic E-state index is 0.0767. The summed E-state index contributed by atoms with van der Waals surface area (Å²) in [6, 6.07) is 9.21. The summed E-state index contributed by atoms with van der Waals surface area (Å²) < 4.78 is 44.4. The Morgan fingerprint density at radius 3 is 2.38 bits per heavy atom. The van der Waals surface area contributed by atoms with E-state index in [0.717, 1.165) is 43.0 Å². The summed E-state index contributed by atoms with van der Waals surface area (Å²) in [5, 5.41) is 3.08. The molecule has 2 saturated heterocycles. The van der Waals surface area contributed by atoms with Gasteiger partial charge in [-0.15, -0.1) is 0 Å². The molecular weight excluding hydrogens is 443 g/mol. The van der Waals surface area contributed by atoms with Crippen molar-refractivity contribution >= 4 is 5.91 Å². The summed E-state index contributed by atoms with van der Waals surface area (Å²) >= 11 is 0. The molecule has 0 spiro atoms. The molecule has 0 saturated carbocycles. The highest BCUT2D eigenvalue weighted by molar-refractivity contribution is 5.94. The Labute approximate surface area is 198 Å². The number of piperazine rings is 1. The van der Waals surface area contributed by atoms with Crippen molar-refractivity contribution in [2.45, 2.75) is 51.5 Å². The summed E-state index contributed by atoms with van der Waals surface area (Å²) in [5.41, 5.74) is 3.18. The molecule has 0 aromatic heterocycles. The average molecular weight is 476 g/mol. The van der Waals surface area contributed by atoms with Gasteiger partial charge in [0.15, 0.2) is 0 Å². The van der Waals surface area contributed by atoms with Gasteiger partial charge in [0.05, 0.1) is 5.56 Å². The molecule has 5 nitrogen and oxygen atoms in total. The van der Waals surface area contributed by atoms with E-state index in [1.807, 2.05) is 18.0 Å². The van der Waals surface area contributed by atoms with Crippen molar-refractivity contribution in [1.29, 1.82) is 0 Å². The van der Waals surface area contributed by atoms with Gasteiger partial charge in [0.1, 0.15) is 12.4 Å². The largest absolute Gasteiger partial charge is 0.492 e. The third-order valence-electron chi connectivity index (χ3n) is 7.34. The molecule has 2 aliphatic heterocycles. The molecule has 34 heavy (non-hydrogen) atoms. The number of likely N-dealkylation sites (tertiary alicyclic amines) is 2. The molecule has 2 fully saturated rings. The second kappa shape index (κ2) is 9.58. The van der Waals surface area contributed by atoms with E-state index in [4.69, 9.17) is 4.74 Å². The quantitative estimate of drug-likeness (QED) is 0.596. The van der Waals surface area contributed by atoms with E-state index in [2.05, 4.69) is 37.1 Å². The maximum atomic E-state index is 13.0. The highest BCUT2D eigenvalue weighted by atomic mass is 19.4. The first-order valence-corrected chi connectivity index (χ1v) is 11.7. The molecular formula is C26H32F3N3O2. The van der Waals surface area contributed by atoms with Crippen LogP contribution in [0.2, 0.25) is 0 Å². The van der Waals surface area contributed by atoms with Gasteiger partial charge in [-0.25, -0.2) is 0 Å². The monoisotopic (exact) mass is 475 g/mol. The Morgan fingerprint density at radius 1 is 1.09 bits per heavy atom. The first kappa shape index (κ1) is 24.5. The van der Waals surface area contributed by atoms with Gasteiger partial charge in [-0.05, 0) is 81.3 Å². The van der Waals surface area contributed by atoms with Gasteiger partial charge in [-0.2, -0.15) is 13.2 Å². The van der Waals surface area contributed by atoms with Gasteiger partial charge in [0.2, 0.25) is 0 Å². The number of nitrogens with zero attached hydrogens (tertiary/aromatic N) is 2. The van der Waals surface area contributed by atoms with E-state index in [1.54, 1.807) is 0 Å². The van der Waals surface area contributed by atoms with E-state index in [9.17, 15) is 18.0 Å². The van der Waals surface area contributed by atoms with E-state index in [0.29, 0.717) is 18.7 Å². The van der Waals surface area contributed by atoms with Crippen LogP contribution < -0.4 is 10.1 Å². The molecule has 184 valence electrons. The summed E-state index contributed by atoms with van der Waals surface area (Å²) in [7, 11) is 1.90. The smallest absolute Gasteiger partial charge is 0.416 e. The Kier molecular flexibility index (Phi) is 6.92. The first-order chi connectivity index (χ1) is 16.1. The topological polar surface area (TPSA) is 44.8 Å². The van der Waals surface area contributed by atoms with Crippen molar-refractivity contribution < 1.29 is 22.7 Å². The predicted octanol–water partition coefficient (Wildman–Crippen LogP) is 4.58. The Morgan fingerprint density at radius 2 is 1.79 bits per heavy atom. The number of likely N-dealkylation sites (N-methyl/N-ethyl adjacent to an activating group) is 1. The highest BCUT2D eigenvalue weighted by Crippen LogP contribution is 2.39. The van der Waals surface area contributed by atoms with Gasteiger partial charge in [0.25, 0.3) is 5.91 Å². The van der Waals surface area contributed by atoms with Crippen molar-refractivity contribution in [2.24, 2.45) is 0 Å². The highest BCUT2D eigenvalue weighted by Gasteiger charge is 2.47. The fourth-order valence-corrected chi connectivity index (χ4v) is 5.26. The van der Waals surface area contributed by atoms with Crippen LogP contribution in [0.15, 0.2) is 36.4 Å². The van der Waals surface area contributed by atoms with Crippen molar-refractivity contribution in [3.05, 3.63) is 64.2 Å². The van der Waals surface area contributed by atoms with E-state index < -0.39 is 11.7 Å². The first-order valence-electron chi connectivity index (χ1n) is 11.7. The molecule has 1 N–H and O–H groups in total. The van der Waals surface area contributed by atoms with Crippen LogP contribution in [0.5, 0.6) is 5.75 Å². The lowest BCUT2D eigenvalue weighted by Gasteiger charge is -2.38. The number of carbonyl (C=O) groups excluding carboxylic acids is 1. The predicted molar refractivity (Wildman–Crippen MR) is 125 cm³/mol. The van der Waals surface area contributed by atoms with Crippen LogP contribution in [0.1, 0.15) is 52.0 Å². The number of benzene rings is 2. The number of nitrogens with one attached hydrogen (secondary N) is 1. The minimum atomic E-state index is -4.40. The summed E-state index contributed by atoms with van der Waals surface area (Å²) in [6.07, 6.45) is -3.52. The number of hydrogen-bond donors (Lipinski definition) is 1. The molecule has 2 aromatic carbocycles. The fourth-order valence-electron chi connectivity index (χ4n) is 5.26. The van der Waals surface area contributed by atoms with Crippen LogP contribution >= 0.6 is 0 Å². The molecule has 3 atom stereocenters. The SMILES string of the molecule is CNCCOc1ccc([C@H](C)N2C[C@H]3C[C@@H]2CN3C(=O)c2ccc(C(F)(F)F)cc2)c(C)c1C. The van der Waals surface area contributed by atoms with Crippen LogP contribution in [-0.4, -0.2) is 61.1 Å². The number of ether oxygens (including phenoxy) is 1. The van der Waals surface area contributed by atoms with E-state index in [-0.39, 0.29) is 24.0 Å². The zero-order chi connectivity index (χ0) is 24.6. The second-order valence-electron chi connectivity index (χ2n) is 9.30. The minimum Gasteiger partial charge on any atom is -0.492 e. The van der Waals surface area contributed by atoms with Crippen LogP contribution in [0.25, 0.3) is 0 Å². The maximum Gasteiger partial charge on any atom is 0.416 e. The lowest BCUT2D eigenvalue weighted by molar-refractivity contribution is -0.137. The van der Waals surface area contributed by atoms with Crippen molar-refractivity contribution in [3.63, 3.8) is 0 Å². The van der Waals surface area contributed by atoms with Crippen LogP contribution in [0.4, 0.5) is 13.2 Å². The van der Waals surface area contributed by atoms with Crippen LogP contribution in [-0.2, 0) is 6.18 Å². The number of hydrogen-bond acceptors (Lipinski definition) is 4. The van der Waals surface area contributed by atoms with Crippen molar-refractivity contribution in [2.75, 3.05) is 33.3 Å². The summed E-state index contributed by atoms with van der Waals surface area (Å²) in [5.74, 6) is 0.712. The lowest BCUT2D eigenvalue weighted by Crippen LogP contribution is -2.49.